The van der Waals surface area contributed by atoms with Gasteiger partial charge in [-0.2, -0.15) is 0 Å². The Labute approximate surface area is 121 Å². The maximum atomic E-state index is 11.9. The molecule has 0 radical (unpaired) electrons. The highest BCUT2D eigenvalue weighted by atomic mass is 16.6. The molecule has 1 N–H and O–H groups in total. The zero-order chi connectivity index (χ0) is 15.2. The van der Waals surface area contributed by atoms with Gasteiger partial charge in [-0.05, 0) is 24.3 Å². The van der Waals surface area contributed by atoms with Crippen LogP contribution in [0.25, 0.3) is 0 Å². The van der Waals surface area contributed by atoms with E-state index in [9.17, 15) is 14.9 Å². The maximum absolute atomic E-state index is 11.9. The van der Waals surface area contributed by atoms with E-state index >= 15 is 0 Å². The van der Waals surface area contributed by atoms with E-state index in [2.05, 4.69) is 5.32 Å². The van der Waals surface area contributed by atoms with Crippen molar-refractivity contribution in [2.24, 2.45) is 0 Å². The van der Waals surface area contributed by atoms with Gasteiger partial charge in [0.2, 0.25) is 5.91 Å². The smallest absolute Gasteiger partial charge is 0.276 e. The molecule has 0 aliphatic heterocycles. The summed E-state index contributed by atoms with van der Waals surface area (Å²) in [7, 11) is 1.43. The molecule has 0 heterocycles. The molecule has 0 saturated carbocycles. The van der Waals surface area contributed by atoms with Crippen molar-refractivity contribution >= 4 is 17.3 Å². The van der Waals surface area contributed by atoms with Gasteiger partial charge in [-0.3, -0.25) is 14.9 Å². The first kappa shape index (κ1) is 14.5. The monoisotopic (exact) mass is 286 g/mol. The van der Waals surface area contributed by atoms with Crippen molar-refractivity contribution in [3.63, 3.8) is 0 Å². The number of rotatable bonds is 5. The molecule has 6 nitrogen and oxygen atoms in total. The minimum atomic E-state index is -0.520. The van der Waals surface area contributed by atoms with E-state index in [4.69, 9.17) is 4.74 Å². The molecule has 0 aromatic heterocycles. The number of amides is 1. The van der Waals surface area contributed by atoms with Gasteiger partial charge in [-0.15, -0.1) is 0 Å². The third-order valence-electron chi connectivity index (χ3n) is 2.90. The number of hydrogen-bond acceptors (Lipinski definition) is 4. The van der Waals surface area contributed by atoms with E-state index in [1.807, 2.05) is 6.07 Å². The van der Waals surface area contributed by atoms with Gasteiger partial charge in [0, 0.05) is 11.3 Å². The van der Waals surface area contributed by atoms with Crippen LogP contribution in [0.15, 0.2) is 48.5 Å². The van der Waals surface area contributed by atoms with Gasteiger partial charge in [0.1, 0.15) is 5.75 Å². The topological polar surface area (TPSA) is 81.5 Å². The standard InChI is InChI=1S/C15H14N2O4/c1-21-13-8-7-11(14(10-13)17(19)20)9-15(18)16-12-5-3-2-4-6-12/h2-8,10H,9H2,1H3,(H,16,18). The molecule has 2 rings (SSSR count). The Morgan fingerprint density at radius 3 is 2.57 bits per heavy atom. The lowest BCUT2D eigenvalue weighted by atomic mass is 10.1. The Morgan fingerprint density at radius 2 is 1.95 bits per heavy atom. The molecule has 0 aliphatic carbocycles. The predicted molar refractivity (Wildman–Crippen MR) is 78.4 cm³/mol. The second-order valence-corrected chi connectivity index (χ2v) is 4.34. The minimum Gasteiger partial charge on any atom is -0.497 e. The summed E-state index contributed by atoms with van der Waals surface area (Å²) in [6.07, 6.45) is -0.0742. The number of anilines is 1. The molecule has 0 unspecified atom stereocenters. The molecule has 1 amide bonds. The van der Waals surface area contributed by atoms with Crippen LogP contribution < -0.4 is 10.1 Å². The van der Waals surface area contributed by atoms with E-state index in [1.165, 1.54) is 19.2 Å². The fourth-order valence-electron chi connectivity index (χ4n) is 1.89. The Balaban J connectivity index is 2.15. The van der Waals surface area contributed by atoms with Gasteiger partial charge < -0.3 is 10.1 Å². The highest BCUT2D eigenvalue weighted by molar-refractivity contribution is 5.92. The van der Waals surface area contributed by atoms with Crippen LogP contribution in [0.3, 0.4) is 0 Å². The summed E-state index contributed by atoms with van der Waals surface area (Å²) < 4.78 is 4.96. The lowest BCUT2D eigenvalue weighted by Gasteiger charge is -2.07. The second-order valence-electron chi connectivity index (χ2n) is 4.34. The third kappa shape index (κ3) is 3.79. The van der Waals surface area contributed by atoms with Gasteiger partial charge in [0.15, 0.2) is 0 Å². The fourth-order valence-corrected chi connectivity index (χ4v) is 1.89. The zero-order valence-corrected chi connectivity index (χ0v) is 11.4. The Morgan fingerprint density at radius 1 is 1.24 bits per heavy atom. The van der Waals surface area contributed by atoms with Crippen LogP contribution in [-0.4, -0.2) is 17.9 Å². The minimum absolute atomic E-state index is 0.0742. The third-order valence-corrected chi connectivity index (χ3v) is 2.90. The Kier molecular flexibility index (Phi) is 4.50. The maximum Gasteiger partial charge on any atom is 0.276 e. The number of para-hydroxylation sites is 1. The van der Waals surface area contributed by atoms with Crippen molar-refractivity contribution in [3.05, 3.63) is 64.2 Å². The van der Waals surface area contributed by atoms with Crippen LogP contribution in [0.5, 0.6) is 5.75 Å². The lowest BCUT2D eigenvalue weighted by molar-refractivity contribution is -0.385. The Hall–Kier alpha value is -2.89. The SMILES string of the molecule is COc1ccc(CC(=O)Nc2ccccc2)c([N+](=O)[O-])c1. The van der Waals surface area contributed by atoms with Crippen LogP contribution in [-0.2, 0) is 11.2 Å². The van der Waals surface area contributed by atoms with Crippen LogP contribution in [0.1, 0.15) is 5.56 Å². The van der Waals surface area contributed by atoms with Gasteiger partial charge in [-0.25, -0.2) is 0 Å². The Bertz CT molecular complexity index is 656. The molecule has 108 valence electrons. The predicted octanol–water partition coefficient (Wildman–Crippen LogP) is 2.78. The summed E-state index contributed by atoms with van der Waals surface area (Å²) in [6.45, 7) is 0. The molecule has 0 saturated heterocycles. The average molecular weight is 286 g/mol. The molecule has 2 aromatic rings. The first-order chi connectivity index (χ1) is 10.1. The summed E-state index contributed by atoms with van der Waals surface area (Å²) in [4.78, 5) is 22.5. The number of methoxy groups -OCH3 is 1. The molecule has 0 fully saturated rings. The van der Waals surface area contributed by atoms with Crippen LogP contribution in [0, 0.1) is 10.1 Å². The number of nitro groups is 1. The summed E-state index contributed by atoms with van der Waals surface area (Å²) in [5.41, 5.74) is 0.866. The van der Waals surface area contributed by atoms with Crippen molar-refractivity contribution in [1.29, 1.82) is 0 Å². The van der Waals surface area contributed by atoms with Gasteiger partial charge in [0.05, 0.1) is 24.5 Å². The molecular weight excluding hydrogens is 272 g/mol. The quantitative estimate of drug-likeness (QED) is 0.677. The molecule has 0 bridgehead atoms. The van der Waals surface area contributed by atoms with E-state index < -0.39 is 4.92 Å². The number of nitrogens with zero attached hydrogens (tertiary/aromatic N) is 1. The number of nitrogens with one attached hydrogen (secondary N) is 1. The highest BCUT2D eigenvalue weighted by Crippen LogP contribution is 2.25. The molecule has 21 heavy (non-hydrogen) atoms. The summed E-state index contributed by atoms with van der Waals surface area (Å²) in [5, 5.41) is 13.7. The number of carbonyl (C=O) groups is 1. The van der Waals surface area contributed by atoms with Crippen LogP contribution in [0.4, 0.5) is 11.4 Å². The lowest BCUT2D eigenvalue weighted by Crippen LogP contribution is -2.15. The first-order valence-corrected chi connectivity index (χ1v) is 6.26. The molecule has 6 heteroatoms. The largest absolute Gasteiger partial charge is 0.497 e. The summed E-state index contributed by atoms with van der Waals surface area (Å²) >= 11 is 0. The average Bonchev–Trinajstić information content (AvgIpc) is 2.48. The van der Waals surface area contributed by atoms with Crippen LogP contribution in [0.2, 0.25) is 0 Å². The zero-order valence-electron chi connectivity index (χ0n) is 11.4. The fraction of sp³-hybridized carbons (Fsp3) is 0.133. The van der Waals surface area contributed by atoms with Crippen LogP contribution >= 0.6 is 0 Å². The van der Waals surface area contributed by atoms with Gasteiger partial charge >= 0.3 is 0 Å². The van der Waals surface area contributed by atoms with E-state index in [-0.39, 0.29) is 18.0 Å². The number of carbonyl (C=O) groups excluding carboxylic acids is 1. The van der Waals surface area contributed by atoms with E-state index in [0.29, 0.717) is 17.0 Å². The summed E-state index contributed by atoms with van der Waals surface area (Å²) in [5.74, 6) is 0.0726. The van der Waals surface area contributed by atoms with Gasteiger partial charge in [0.25, 0.3) is 5.69 Å². The number of benzene rings is 2. The van der Waals surface area contributed by atoms with Crippen molar-refractivity contribution < 1.29 is 14.5 Å². The second kappa shape index (κ2) is 6.51. The van der Waals surface area contributed by atoms with Gasteiger partial charge in [-0.1, -0.05) is 18.2 Å². The molecule has 0 aliphatic rings. The number of ether oxygens (including phenoxy) is 1. The van der Waals surface area contributed by atoms with E-state index in [1.54, 1.807) is 30.3 Å². The molecule has 0 atom stereocenters. The number of nitro benzene ring substituents is 1. The number of hydrogen-bond donors (Lipinski definition) is 1. The first-order valence-electron chi connectivity index (χ1n) is 6.26. The molecule has 0 spiro atoms. The van der Waals surface area contributed by atoms with Crippen molar-refractivity contribution in [2.75, 3.05) is 12.4 Å². The normalized spacial score (nSPS) is 9.95. The molecular formula is C15H14N2O4. The van der Waals surface area contributed by atoms with Crippen molar-refractivity contribution in [2.45, 2.75) is 6.42 Å². The van der Waals surface area contributed by atoms with Crippen molar-refractivity contribution in [1.82, 2.24) is 0 Å². The highest BCUT2D eigenvalue weighted by Gasteiger charge is 2.17. The molecule has 2 aromatic carbocycles. The van der Waals surface area contributed by atoms with Crippen molar-refractivity contribution in [3.8, 4) is 5.75 Å². The van der Waals surface area contributed by atoms with E-state index in [0.717, 1.165) is 0 Å². The summed E-state index contributed by atoms with van der Waals surface area (Å²) in [6, 6.07) is 13.4.